The van der Waals surface area contributed by atoms with Crippen LogP contribution in [-0.4, -0.2) is 26.7 Å². The Kier molecular flexibility index (Phi) is 5.86. The van der Waals surface area contributed by atoms with Gasteiger partial charge in [0.2, 0.25) is 5.91 Å². The van der Waals surface area contributed by atoms with Gasteiger partial charge >= 0.3 is 0 Å². The lowest BCUT2D eigenvalue weighted by molar-refractivity contribution is -0.115. The number of rotatable bonds is 7. The molecule has 0 aromatic heterocycles. The molecule has 5 heteroatoms. The highest BCUT2D eigenvalue weighted by atomic mass is 16.5. The van der Waals surface area contributed by atoms with Crippen molar-refractivity contribution in [2.45, 2.75) is 13.3 Å². The van der Waals surface area contributed by atoms with E-state index < -0.39 is 0 Å². The Hall–Kier alpha value is -2.69. The van der Waals surface area contributed by atoms with Crippen LogP contribution in [0.1, 0.15) is 12.0 Å². The van der Waals surface area contributed by atoms with Crippen molar-refractivity contribution in [3.63, 3.8) is 0 Å². The quantitative estimate of drug-likeness (QED) is 0.822. The van der Waals surface area contributed by atoms with Crippen molar-refractivity contribution in [1.29, 1.82) is 0 Å². The largest absolute Gasteiger partial charge is 0.497 e. The third-order valence-corrected chi connectivity index (χ3v) is 3.38. The zero-order chi connectivity index (χ0) is 16.7. The molecule has 0 atom stereocenters. The van der Waals surface area contributed by atoms with Gasteiger partial charge in [0.15, 0.2) is 0 Å². The molecule has 5 nitrogen and oxygen atoms in total. The first-order valence-electron chi connectivity index (χ1n) is 7.45. The van der Waals surface area contributed by atoms with Gasteiger partial charge < -0.3 is 20.1 Å². The van der Waals surface area contributed by atoms with Crippen molar-refractivity contribution < 1.29 is 14.3 Å². The summed E-state index contributed by atoms with van der Waals surface area (Å²) in [5, 5.41) is 6.09. The van der Waals surface area contributed by atoms with Crippen LogP contribution >= 0.6 is 0 Å². The monoisotopic (exact) mass is 314 g/mol. The minimum Gasteiger partial charge on any atom is -0.497 e. The maximum Gasteiger partial charge on any atom is 0.226 e. The van der Waals surface area contributed by atoms with Crippen molar-refractivity contribution in [1.82, 2.24) is 0 Å². The first-order valence-corrected chi connectivity index (χ1v) is 7.45. The molecule has 0 heterocycles. The number of carbonyl (C=O) groups excluding carboxylic acids is 1. The number of hydrogen-bond donors (Lipinski definition) is 2. The fourth-order valence-corrected chi connectivity index (χ4v) is 2.20. The zero-order valence-electron chi connectivity index (χ0n) is 13.7. The molecule has 0 radical (unpaired) electrons. The van der Waals surface area contributed by atoms with Crippen LogP contribution in [0, 0.1) is 6.92 Å². The van der Waals surface area contributed by atoms with Crippen LogP contribution in [0.3, 0.4) is 0 Å². The molecule has 2 rings (SSSR count). The molecule has 23 heavy (non-hydrogen) atoms. The predicted octanol–water partition coefficient (Wildman–Crippen LogP) is 3.45. The molecule has 2 N–H and O–H groups in total. The summed E-state index contributed by atoms with van der Waals surface area (Å²) in [7, 11) is 3.21. The molecule has 0 bridgehead atoms. The highest BCUT2D eigenvalue weighted by molar-refractivity contribution is 5.91. The van der Waals surface area contributed by atoms with E-state index in [1.54, 1.807) is 20.3 Å². The highest BCUT2D eigenvalue weighted by Gasteiger charge is 2.06. The second-order valence-corrected chi connectivity index (χ2v) is 5.16. The molecule has 2 aromatic rings. The number of nitrogens with one attached hydrogen (secondary N) is 2. The molecule has 1 amide bonds. The zero-order valence-corrected chi connectivity index (χ0v) is 13.7. The van der Waals surface area contributed by atoms with E-state index in [0.717, 1.165) is 22.7 Å². The lowest BCUT2D eigenvalue weighted by atomic mass is 10.2. The van der Waals surface area contributed by atoms with E-state index in [-0.39, 0.29) is 5.91 Å². The second kappa shape index (κ2) is 8.08. The van der Waals surface area contributed by atoms with Crippen LogP contribution in [-0.2, 0) is 4.79 Å². The van der Waals surface area contributed by atoms with Gasteiger partial charge in [-0.05, 0) is 36.8 Å². The number of hydrogen-bond acceptors (Lipinski definition) is 4. The maximum atomic E-state index is 12.0. The molecule has 0 spiro atoms. The molecule has 0 fully saturated rings. The summed E-state index contributed by atoms with van der Waals surface area (Å²) in [5.74, 6) is 1.38. The topological polar surface area (TPSA) is 59.6 Å². The van der Waals surface area contributed by atoms with E-state index >= 15 is 0 Å². The number of ether oxygens (including phenoxy) is 2. The van der Waals surface area contributed by atoms with Crippen LogP contribution in [0.25, 0.3) is 0 Å². The minimum absolute atomic E-state index is 0.0319. The fourth-order valence-electron chi connectivity index (χ4n) is 2.20. The van der Waals surface area contributed by atoms with Crippen molar-refractivity contribution in [3.05, 3.63) is 48.0 Å². The van der Waals surface area contributed by atoms with E-state index in [1.807, 2.05) is 43.3 Å². The van der Waals surface area contributed by atoms with E-state index in [2.05, 4.69) is 10.6 Å². The Morgan fingerprint density at radius 2 is 1.91 bits per heavy atom. The van der Waals surface area contributed by atoms with E-state index in [0.29, 0.717) is 18.7 Å². The van der Waals surface area contributed by atoms with E-state index in [1.165, 1.54) is 0 Å². The first-order chi connectivity index (χ1) is 11.1. The van der Waals surface area contributed by atoms with Gasteiger partial charge in [-0.3, -0.25) is 4.79 Å². The van der Waals surface area contributed by atoms with Gasteiger partial charge in [-0.2, -0.15) is 0 Å². The average Bonchev–Trinajstić information content (AvgIpc) is 2.55. The van der Waals surface area contributed by atoms with Crippen molar-refractivity contribution in [2.75, 3.05) is 31.4 Å². The Balaban J connectivity index is 1.86. The average molecular weight is 314 g/mol. The fraction of sp³-hybridized carbons (Fsp3) is 0.278. The van der Waals surface area contributed by atoms with Crippen molar-refractivity contribution in [3.8, 4) is 11.5 Å². The van der Waals surface area contributed by atoms with Crippen LogP contribution in [0.4, 0.5) is 11.4 Å². The molecular formula is C18H22N2O3. The molecule has 0 aliphatic rings. The molecule has 2 aromatic carbocycles. The predicted molar refractivity (Wildman–Crippen MR) is 92.5 cm³/mol. The van der Waals surface area contributed by atoms with Gasteiger partial charge in [0, 0.05) is 24.7 Å². The second-order valence-electron chi connectivity index (χ2n) is 5.16. The first kappa shape index (κ1) is 16.7. The van der Waals surface area contributed by atoms with Crippen LogP contribution in [0.2, 0.25) is 0 Å². The molecular weight excluding hydrogens is 292 g/mol. The summed E-state index contributed by atoms with van der Waals surface area (Å²) < 4.78 is 10.5. The lowest BCUT2D eigenvalue weighted by Gasteiger charge is -2.12. The summed E-state index contributed by atoms with van der Waals surface area (Å²) >= 11 is 0. The van der Waals surface area contributed by atoms with E-state index in [4.69, 9.17) is 9.47 Å². The van der Waals surface area contributed by atoms with Gasteiger partial charge in [-0.15, -0.1) is 0 Å². The molecule has 0 unspecified atom stereocenters. The van der Waals surface area contributed by atoms with Crippen LogP contribution in [0.15, 0.2) is 42.5 Å². The van der Waals surface area contributed by atoms with E-state index in [9.17, 15) is 4.79 Å². The molecule has 122 valence electrons. The van der Waals surface area contributed by atoms with Gasteiger partial charge in [0.25, 0.3) is 0 Å². The normalized spacial score (nSPS) is 10.0. The third kappa shape index (κ3) is 4.92. The van der Waals surface area contributed by atoms with Gasteiger partial charge in [-0.25, -0.2) is 0 Å². The highest BCUT2D eigenvalue weighted by Crippen LogP contribution is 2.28. The van der Waals surface area contributed by atoms with Gasteiger partial charge in [0.1, 0.15) is 11.5 Å². The Morgan fingerprint density at radius 1 is 1.09 bits per heavy atom. The summed E-state index contributed by atoms with van der Waals surface area (Å²) in [6, 6.07) is 13.3. The number of methoxy groups -OCH3 is 2. The Labute approximate surface area is 136 Å². The number of benzene rings is 2. The van der Waals surface area contributed by atoms with Crippen LogP contribution in [0.5, 0.6) is 11.5 Å². The SMILES string of the molecule is COc1ccc(NCCC(=O)Nc2cccc(C)c2)c(OC)c1. The maximum absolute atomic E-state index is 12.0. The number of aryl methyl sites for hydroxylation is 1. The smallest absolute Gasteiger partial charge is 0.226 e. The number of amides is 1. The standard InChI is InChI=1S/C18H22N2O3/c1-13-5-4-6-14(11-13)20-18(21)9-10-19-16-8-7-15(22-2)12-17(16)23-3/h4-8,11-12,19H,9-10H2,1-3H3,(H,20,21). The molecule has 0 saturated heterocycles. The van der Waals surface area contributed by atoms with Gasteiger partial charge in [-0.1, -0.05) is 12.1 Å². The number of carbonyl (C=O) groups is 1. The summed E-state index contributed by atoms with van der Waals surface area (Å²) in [4.78, 5) is 12.0. The lowest BCUT2D eigenvalue weighted by Crippen LogP contribution is -2.16. The minimum atomic E-state index is -0.0319. The summed E-state index contributed by atoms with van der Waals surface area (Å²) in [5.41, 5.74) is 2.76. The molecule has 0 saturated carbocycles. The molecule has 0 aliphatic heterocycles. The van der Waals surface area contributed by atoms with Gasteiger partial charge in [0.05, 0.1) is 19.9 Å². The molecule has 0 aliphatic carbocycles. The van der Waals surface area contributed by atoms with Crippen LogP contribution < -0.4 is 20.1 Å². The number of anilines is 2. The van der Waals surface area contributed by atoms with Crippen molar-refractivity contribution in [2.24, 2.45) is 0 Å². The summed E-state index contributed by atoms with van der Waals surface area (Å²) in [6.45, 7) is 2.51. The third-order valence-electron chi connectivity index (χ3n) is 3.38. The Morgan fingerprint density at radius 3 is 2.61 bits per heavy atom. The Bertz CT molecular complexity index is 671. The van der Waals surface area contributed by atoms with Crippen molar-refractivity contribution >= 4 is 17.3 Å². The summed E-state index contributed by atoms with van der Waals surface area (Å²) in [6.07, 6.45) is 0.364.